The van der Waals surface area contributed by atoms with Crippen LogP contribution in [0, 0.1) is 0 Å². The zero-order valence-corrected chi connectivity index (χ0v) is 14.1. The predicted molar refractivity (Wildman–Crippen MR) is 93.7 cm³/mol. The van der Waals surface area contributed by atoms with Gasteiger partial charge in [-0.15, -0.1) is 0 Å². The van der Waals surface area contributed by atoms with Gasteiger partial charge in [0.1, 0.15) is 6.04 Å². The summed E-state index contributed by atoms with van der Waals surface area (Å²) in [5, 5.41) is 4.57. The van der Waals surface area contributed by atoms with E-state index in [0.29, 0.717) is 23.7 Å². The number of anilines is 1. The quantitative estimate of drug-likeness (QED) is 0.603. The van der Waals surface area contributed by atoms with E-state index < -0.39 is 6.43 Å². The van der Waals surface area contributed by atoms with Crippen LogP contribution in [0.15, 0.2) is 49.2 Å². The van der Waals surface area contributed by atoms with Crippen molar-refractivity contribution in [2.75, 3.05) is 11.4 Å². The first-order chi connectivity index (χ1) is 13.2. The summed E-state index contributed by atoms with van der Waals surface area (Å²) >= 11 is 0. The summed E-state index contributed by atoms with van der Waals surface area (Å²) in [5.41, 5.74) is 2.80. The largest absolute Gasteiger partial charge is 0.348 e. The van der Waals surface area contributed by atoms with Gasteiger partial charge in [0.25, 0.3) is 6.43 Å². The molecule has 0 fully saturated rings. The number of rotatable bonds is 3. The van der Waals surface area contributed by atoms with Gasteiger partial charge in [0.05, 0.1) is 23.2 Å². The second-order valence-corrected chi connectivity index (χ2v) is 6.32. The van der Waals surface area contributed by atoms with Gasteiger partial charge in [-0.05, 0) is 24.3 Å². The fourth-order valence-corrected chi connectivity index (χ4v) is 3.61. The van der Waals surface area contributed by atoms with Crippen molar-refractivity contribution in [2.24, 2.45) is 0 Å². The summed E-state index contributed by atoms with van der Waals surface area (Å²) in [6, 6.07) is 6.09. The number of H-pyrrole nitrogens is 1. The molecule has 136 valence electrons. The molecule has 0 aliphatic carbocycles. The molecule has 4 aromatic rings. The first-order valence-corrected chi connectivity index (χ1v) is 8.54. The number of fused-ring (bicyclic) bond motifs is 2. The smallest absolute Gasteiger partial charge is 0.265 e. The first kappa shape index (κ1) is 15.9. The predicted octanol–water partition coefficient (Wildman–Crippen LogP) is 2.94. The molecule has 0 bridgehead atoms. The van der Waals surface area contributed by atoms with Crippen LogP contribution in [0.2, 0.25) is 0 Å². The number of hydrogen-bond donors (Lipinski definition) is 1. The Morgan fingerprint density at radius 2 is 2.00 bits per heavy atom. The minimum absolute atomic E-state index is 0.0446. The zero-order valence-electron chi connectivity index (χ0n) is 14.1. The lowest BCUT2D eigenvalue weighted by Gasteiger charge is -2.33. The van der Waals surface area contributed by atoms with E-state index in [4.69, 9.17) is 0 Å². The second-order valence-electron chi connectivity index (χ2n) is 6.32. The van der Waals surface area contributed by atoms with Gasteiger partial charge in [-0.3, -0.25) is 0 Å². The Bertz CT molecular complexity index is 1090. The van der Waals surface area contributed by atoms with Gasteiger partial charge in [0.2, 0.25) is 5.95 Å². The van der Waals surface area contributed by atoms with E-state index in [0.717, 1.165) is 17.8 Å². The number of nitrogens with zero attached hydrogens (tertiary/aromatic N) is 6. The Kier molecular flexibility index (Phi) is 3.59. The molecule has 1 atom stereocenters. The first-order valence-electron chi connectivity index (χ1n) is 8.54. The van der Waals surface area contributed by atoms with E-state index in [1.165, 1.54) is 10.6 Å². The number of alkyl halides is 2. The van der Waals surface area contributed by atoms with Crippen molar-refractivity contribution >= 4 is 11.5 Å². The Morgan fingerprint density at radius 1 is 1.15 bits per heavy atom. The van der Waals surface area contributed by atoms with Crippen molar-refractivity contribution in [3.05, 3.63) is 71.8 Å². The van der Waals surface area contributed by atoms with Crippen LogP contribution in [-0.2, 0) is 6.42 Å². The van der Waals surface area contributed by atoms with Crippen molar-refractivity contribution in [3.63, 3.8) is 0 Å². The highest BCUT2D eigenvalue weighted by Crippen LogP contribution is 2.36. The van der Waals surface area contributed by atoms with Gasteiger partial charge in [-0.25, -0.2) is 28.2 Å². The molecule has 5 heterocycles. The highest BCUT2D eigenvalue weighted by molar-refractivity contribution is 5.58. The minimum atomic E-state index is -2.57. The second kappa shape index (κ2) is 6.11. The highest BCUT2D eigenvalue weighted by Gasteiger charge is 2.34. The van der Waals surface area contributed by atoms with Crippen LogP contribution in [0.3, 0.4) is 0 Å². The third kappa shape index (κ3) is 2.54. The van der Waals surface area contributed by atoms with Gasteiger partial charge in [-0.2, -0.15) is 5.10 Å². The molecule has 0 amide bonds. The van der Waals surface area contributed by atoms with Gasteiger partial charge >= 0.3 is 0 Å². The summed E-state index contributed by atoms with van der Waals surface area (Å²) in [7, 11) is 0. The van der Waals surface area contributed by atoms with Crippen LogP contribution in [-0.4, -0.2) is 36.1 Å². The van der Waals surface area contributed by atoms with Gasteiger partial charge in [-0.1, -0.05) is 0 Å². The molecule has 1 aliphatic heterocycles. The average Bonchev–Trinajstić information content (AvgIpc) is 3.34. The monoisotopic (exact) mass is 367 g/mol. The maximum absolute atomic E-state index is 13.4. The van der Waals surface area contributed by atoms with E-state index in [1.54, 1.807) is 43.1 Å². The van der Waals surface area contributed by atoms with Crippen LogP contribution in [0.25, 0.3) is 5.52 Å². The highest BCUT2D eigenvalue weighted by atomic mass is 19.3. The maximum Gasteiger partial charge on any atom is 0.265 e. The number of imidazole rings is 1. The van der Waals surface area contributed by atoms with E-state index in [1.807, 2.05) is 4.90 Å². The molecule has 0 saturated heterocycles. The number of aromatic nitrogens is 6. The summed E-state index contributed by atoms with van der Waals surface area (Å²) in [4.78, 5) is 18.3. The lowest BCUT2D eigenvalue weighted by Crippen LogP contribution is -2.37. The Morgan fingerprint density at radius 3 is 2.81 bits per heavy atom. The molecular formula is C18H15F2N7. The topological polar surface area (TPSA) is 75.0 Å². The Hall–Kier alpha value is -3.36. The molecule has 1 N–H and O–H groups in total. The van der Waals surface area contributed by atoms with Crippen LogP contribution >= 0.6 is 0 Å². The summed E-state index contributed by atoms with van der Waals surface area (Å²) in [5.74, 6) is 0.558. The van der Waals surface area contributed by atoms with Gasteiger partial charge in [0, 0.05) is 42.8 Å². The van der Waals surface area contributed by atoms with E-state index in [-0.39, 0.29) is 11.6 Å². The molecule has 0 spiro atoms. The van der Waals surface area contributed by atoms with Crippen molar-refractivity contribution in [2.45, 2.75) is 18.9 Å². The van der Waals surface area contributed by atoms with Gasteiger partial charge in [0.15, 0.2) is 0 Å². The number of pyridine rings is 1. The van der Waals surface area contributed by atoms with E-state index in [2.05, 4.69) is 25.0 Å². The van der Waals surface area contributed by atoms with Crippen LogP contribution in [0.4, 0.5) is 14.7 Å². The fourth-order valence-electron chi connectivity index (χ4n) is 3.61. The van der Waals surface area contributed by atoms with Crippen LogP contribution < -0.4 is 4.90 Å². The number of hydrogen-bond acceptors (Lipinski definition) is 5. The normalized spacial score (nSPS) is 16.9. The van der Waals surface area contributed by atoms with Crippen LogP contribution in [0.1, 0.15) is 35.1 Å². The summed E-state index contributed by atoms with van der Waals surface area (Å²) in [6.07, 6.45) is 4.87. The molecule has 9 heteroatoms. The SMILES string of the molecule is FC(F)c1cccn2nc(C3c4nc[nH]c4CCN3c3ncccn3)cc12. The van der Waals surface area contributed by atoms with E-state index in [9.17, 15) is 8.78 Å². The Balaban J connectivity index is 1.68. The zero-order chi connectivity index (χ0) is 18.4. The molecule has 0 radical (unpaired) electrons. The molecule has 0 saturated carbocycles. The molecule has 27 heavy (non-hydrogen) atoms. The fraction of sp³-hybridized carbons (Fsp3) is 0.222. The molecule has 5 rings (SSSR count). The molecule has 1 unspecified atom stereocenters. The van der Waals surface area contributed by atoms with Crippen LogP contribution in [0.5, 0.6) is 0 Å². The molecule has 7 nitrogen and oxygen atoms in total. The lowest BCUT2D eigenvalue weighted by atomic mass is 10.00. The third-order valence-corrected chi connectivity index (χ3v) is 4.80. The lowest BCUT2D eigenvalue weighted by molar-refractivity contribution is 0.152. The third-order valence-electron chi connectivity index (χ3n) is 4.80. The van der Waals surface area contributed by atoms with Crippen molar-refractivity contribution < 1.29 is 8.78 Å². The molecular weight excluding hydrogens is 352 g/mol. The maximum atomic E-state index is 13.4. The average molecular weight is 367 g/mol. The standard InChI is InChI=1S/C18H15F2N7/c19-17(20)11-3-1-7-27-14(11)9-13(25-27)16-15-12(23-10-24-15)4-8-26(16)18-21-5-2-6-22-18/h1-3,5-7,9-10,16-17H,4,8H2,(H,23,24). The number of aromatic amines is 1. The molecule has 0 aromatic carbocycles. The summed E-state index contributed by atoms with van der Waals surface area (Å²) < 4.78 is 28.3. The minimum Gasteiger partial charge on any atom is -0.348 e. The number of halogens is 2. The van der Waals surface area contributed by atoms with Gasteiger partial charge < -0.3 is 9.88 Å². The van der Waals surface area contributed by atoms with Crippen molar-refractivity contribution in [1.82, 2.24) is 29.5 Å². The van der Waals surface area contributed by atoms with E-state index >= 15 is 0 Å². The summed E-state index contributed by atoms with van der Waals surface area (Å²) in [6.45, 7) is 0.666. The number of nitrogens with one attached hydrogen (secondary N) is 1. The van der Waals surface area contributed by atoms with Crippen molar-refractivity contribution in [1.29, 1.82) is 0 Å². The molecule has 1 aliphatic rings. The van der Waals surface area contributed by atoms with Crippen molar-refractivity contribution in [3.8, 4) is 0 Å². The Labute approximate surface area is 152 Å². The molecule has 4 aromatic heterocycles.